The molecule has 0 bridgehead atoms. The number of hydrazine groups is 1. The van der Waals surface area contributed by atoms with E-state index in [1.807, 2.05) is 24.3 Å². The molecular weight excluding hydrogens is 216 g/mol. The van der Waals surface area contributed by atoms with Gasteiger partial charge < -0.3 is 0 Å². The maximum absolute atomic E-state index is 9.26. The molecule has 0 saturated heterocycles. The molecule has 1 rings (SSSR count). The van der Waals surface area contributed by atoms with Crippen LogP contribution in [-0.4, -0.2) is 25.1 Å². The van der Waals surface area contributed by atoms with E-state index in [0.29, 0.717) is 6.42 Å². The van der Waals surface area contributed by atoms with Crippen molar-refractivity contribution in [2.45, 2.75) is 18.9 Å². The second-order valence-electron chi connectivity index (χ2n) is 4.28. The fourth-order valence-corrected chi connectivity index (χ4v) is 2.23. The van der Waals surface area contributed by atoms with Gasteiger partial charge in [-0.1, -0.05) is 0 Å². The third-order valence-electron chi connectivity index (χ3n) is 3.15. The second kappa shape index (κ2) is 4.40. The summed E-state index contributed by atoms with van der Waals surface area (Å²) in [7, 11) is 3.47. The van der Waals surface area contributed by atoms with Crippen LogP contribution in [0, 0.1) is 56.2 Å². The van der Waals surface area contributed by atoms with Crippen molar-refractivity contribution in [3.05, 3.63) is 0 Å². The minimum Gasteiger partial charge on any atom is -0.250 e. The highest BCUT2D eigenvalue weighted by Crippen LogP contribution is 2.51. The highest BCUT2D eigenvalue weighted by molar-refractivity contribution is 5.40. The molecule has 6 nitrogen and oxygen atoms in total. The van der Waals surface area contributed by atoms with Gasteiger partial charge in [0.1, 0.15) is 0 Å². The summed E-state index contributed by atoms with van der Waals surface area (Å²) >= 11 is 0. The number of rotatable bonds is 2. The van der Waals surface area contributed by atoms with Crippen molar-refractivity contribution in [1.29, 1.82) is 21.0 Å². The van der Waals surface area contributed by atoms with Crippen LogP contribution in [0.4, 0.5) is 0 Å². The monoisotopic (exact) mass is 228 g/mol. The van der Waals surface area contributed by atoms with E-state index in [-0.39, 0.29) is 6.42 Å². The van der Waals surface area contributed by atoms with E-state index in [4.69, 9.17) is 10.5 Å². The van der Waals surface area contributed by atoms with Crippen LogP contribution in [0.25, 0.3) is 0 Å². The van der Waals surface area contributed by atoms with E-state index >= 15 is 0 Å². The minimum absolute atomic E-state index is 0.229. The molecule has 86 valence electrons. The summed E-state index contributed by atoms with van der Waals surface area (Å²) in [6, 6.07) is 6.97. The Hall–Kier alpha value is -2.12. The van der Waals surface area contributed by atoms with E-state index in [1.54, 1.807) is 19.1 Å². The van der Waals surface area contributed by atoms with Gasteiger partial charge in [-0.25, -0.2) is 5.43 Å². The van der Waals surface area contributed by atoms with Crippen molar-refractivity contribution in [3.63, 3.8) is 0 Å². The Kier molecular flexibility index (Phi) is 3.35. The number of hydrogen-bond donors (Lipinski definition) is 1. The smallest absolute Gasteiger partial charge is 0.191 e. The first-order valence-corrected chi connectivity index (χ1v) is 5.10. The number of nitrogens with one attached hydrogen (secondary N) is 1. The molecular formula is C11H12N6. The van der Waals surface area contributed by atoms with E-state index in [1.165, 1.54) is 0 Å². The third-order valence-corrected chi connectivity index (χ3v) is 3.15. The summed E-state index contributed by atoms with van der Waals surface area (Å²) in [5, 5.41) is 38.5. The van der Waals surface area contributed by atoms with Crippen LogP contribution in [0.5, 0.6) is 0 Å². The first-order valence-electron chi connectivity index (χ1n) is 5.10. The Morgan fingerprint density at radius 3 is 1.94 bits per heavy atom. The van der Waals surface area contributed by atoms with Gasteiger partial charge in [-0.05, 0) is 12.8 Å². The number of nitriles is 4. The molecule has 0 aromatic carbocycles. The van der Waals surface area contributed by atoms with Gasteiger partial charge in [0.2, 0.25) is 0 Å². The predicted octanol–water partition coefficient (Wildman–Crippen LogP) is 0.282. The third kappa shape index (κ3) is 1.61. The van der Waals surface area contributed by atoms with Crippen LogP contribution in [-0.2, 0) is 0 Å². The standard InChI is InChI=1S/C11H12N6/c1-17(2)16-9-3-4-10(5-12,6-13)11(9,7-14)8-15/h9,16H,3-4H2,1-2H3. The van der Waals surface area contributed by atoms with Gasteiger partial charge >= 0.3 is 0 Å². The van der Waals surface area contributed by atoms with Gasteiger partial charge in [-0.2, -0.15) is 21.0 Å². The van der Waals surface area contributed by atoms with E-state index in [9.17, 15) is 10.5 Å². The fourth-order valence-electron chi connectivity index (χ4n) is 2.23. The molecule has 1 atom stereocenters. The van der Waals surface area contributed by atoms with Gasteiger partial charge in [0.05, 0.1) is 30.3 Å². The summed E-state index contributed by atoms with van der Waals surface area (Å²) < 4.78 is 0. The number of hydrogen-bond acceptors (Lipinski definition) is 6. The Morgan fingerprint density at radius 2 is 1.59 bits per heavy atom. The molecule has 1 saturated carbocycles. The highest BCUT2D eigenvalue weighted by atomic mass is 15.5. The van der Waals surface area contributed by atoms with Crippen LogP contribution in [0.15, 0.2) is 0 Å². The van der Waals surface area contributed by atoms with Crippen molar-refractivity contribution < 1.29 is 0 Å². The van der Waals surface area contributed by atoms with Gasteiger partial charge in [0, 0.05) is 14.1 Å². The summed E-state index contributed by atoms with van der Waals surface area (Å²) in [6.45, 7) is 0. The molecule has 0 aromatic rings. The summed E-state index contributed by atoms with van der Waals surface area (Å²) in [5.41, 5.74) is -0.232. The molecule has 0 amide bonds. The predicted molar refractivity (Wildman–Crippen MR) is 57.2 cm³/mol. The molecule has 1 unspecified atom stereocenters. The zero-order valence-electron chi connectivity index (χ0n) is 9.73. The molecule has 0 radical (unpaired) electrons. The first kappa shape index (κ1) is 12.9. The fraction of sp³-hybridized carbons (Fsp3) is 0.636. The van der Waals surface area contributed by atoms with Crippen molar-refractivity contribution in [2.75, 3.05) is 14.1 Å². The Bertz CT molecular complexity index is 438. The van der Waals surface area contributed by atoms with Crippen LogP contribution in [0.3, 0.4) is 0 Å². The minimum atomic E-state index is -1.62. The molecule has 17 heavy (non-hydrogen) atoms. The second-order valence-corrected chi connectivity index (χ2v) is 4.28. The lowest BCUT2D eigenvalue weighted by atomic mass is 9.67. The normalized spacial score (nSPS) is 24.3. The number of nitrogens with zero attached hydrogens (tertiary/aromatic N) is 5. The molecule has 0 aliphatic heterocycles. The summed E-state index contributed by atoms with van der Waals surface area (Å²) in [5.74, 6) is 0. The largest absolute Gasteiger partial charge is 0.250 e. The Labute approximate surface area is 100 Å². The lowest BCUT2D eigenvalue weighted by Gasteiger charge is -2.30. The van der Waals surface area contributed by atoms with Gasteiger partial charge in [0.15, 0.2) is 10.8 Å². The van der Waals surface area contributed by atoms with Crippen molar-refractivity contribution in [3.8, 4) is 24.3 Å². The zero-order valence-corrected chi connectivity index (χ0v) is 9.73. The average molecular weight is 228 g/mol. The zero-order chi connectivity index (χ0) is 13.1. The SMILES string of the molecule is CN(C)NC1CCC(C#N)(C#N)C1(C#N)C#N. The lowest BCUT2D eigenvalue weighted by Crippen LogP contribution is -2.51. The molecule has 1 aliphatic rings. The van der Waals surface area contributed by atoms with Crippen LogP contribution < -0.4 is 5.43 Å². The molecule has 1 aliphatic carbocycles. The van der Waals surface area contributed by atoms with Crippen LogP contribution in [0.2, 0.25) is 0 Å². The quantitative estimate of drug-likeness (QED) is 0.679. The Morgan fingerprint density at radius 1 is 1.06 bits per heavy atom. The maximum atomic E-state index is 9.26. The molecule has 0 spiro atoms. The van der Waals surface area contributed by atoms with Gasteiger partial charge in [-0.15, -0.1) is 0 Å². The highest BCUT2D eigenvalue weighted by Gasteiger charge is 2.63. The molecule has 0 heterocycles. The first-order chi connectivity index (χ1) is 8.01. The Balaban J connectivity index is 3.29. The van der Waals surface area contributed by atoms with Crippen molar-refractivity contribution in [1.82, 2.24) is 10.4 Å². The van der Waals surface area contributed by atoms with E-state index in [0.717, 1.165) is 0 Å². The van der Waals surface area contributed by atoms with Crippen molar-refractivity contribution in [2.24, 2.45) is 10.8 Å². The maximum Gasteiger partial charge on any atom is 0.191 e. The lowest BCUT2D eigenvalue weighted by molar-refractivity contribution is 0.184. The topological polar surface area (TPSA) is 110 Å². The van der Waals surface area contributed by atoms with Crippen LogP contribution in [0.1, 0.15) is 12.8 Å². The molecule has 0 aromatic heterocycles. The summed E-state index contributed by atoms with van der Waals surface area (Å²) in [4.78, 5) is 0. The van der Waals surface area contributed by atoms with Gasteiger partial charge in [0.25, 0.3) is 0 Å². The van der Waals surface area contributed by atoms with Gasteiger partial charge in [-0.3, -0.25) is 5.01 Å². The molecule has 1 fully saturated rings. The van der Waals surface area contributed by atoms with Crippen molar-refractivity contribution >= 4 is 0 Å². The average Bonchev–Trinajstić information content (AvgIpc) is 2.63. The van der Waals surface area contributed by atoms with E-state index < -0.39 is 16.9 Å². The van der Waals surface area contributed by atoms with Crippen LogP contribution >= 0.6 is 0 Å². The molecule has 1 N–H and O–H groups in total. The summed E-state index contributed by atoms with van der Waals surface area (Å²) in [6.07, 6.45) is 0.674. The van der Waals surface area contributed by atoms with E-state index in [2.05, 4.69) is 5.43 Å². The molecule has 6 heteroatoms.